The summed E-state index contributed by atoms with van der Waals surface area (Å²) in [5.41, 5.74) is -0.493. The highest BCUT2D eigenvalue weighted by Gasteiger charge is 2.43. The monoisotopic (exact) mass is 390 g/mol. The van der Waals surface area contributed by atoms with Crippen LogP contribution in [0.15, 0.2) is 10.7 Å². The Morgan fingerprint density at radius 2 is 2.19 bits per heavy atom. The first-order valence-electron chi connectivity index (χ1n) is 8.63. The first kappa shape index (κ1) is 20.6. The van der Waals surface area contributed by atoms with Gasteiger partial charge in [0, 0.05) is 19.7 Å². The SMILES string of the molecule is CCCCOCC(=O)Nc1c[n+](N2CCN(S(C)(=O)=O)CC2(C)C)no1. The van der Waals surface area contributed by atoms with E-state index in [1.165, 1.54) is 15.4 Å². The van der Waals surface area contributed by atoms with Gasteiger partial charge in [0.25, 0.3) is 12.1 Å². The van der Waals surface area contributed by atoms with Gasteiger partial charge in [-0.1, -0.05) is 13.3 Å². The predicted octanol–water partition coefficient (Wildman–Crippen LogP) is -0.291. The van der Waals surface area contributed by atoms with Crippen LogP contribution in [0.1, 0.15) is 33.6 Å². The predicted molar refractivity (Wildman–Crippen MR) is 94.6 cm³/mol. The van der Waals surface area contributed by atoms with Crippen LogP contribution in [0.4, 0.5) is 5.88 Å². The molecule has 1 N–H and O–H groups in total. The van der Waals surface area contributed by atoms with Crippen molar-refractivity contribution in [2.45, 2.75) is 39.2 Å². The van der Waals surface area contributed by atoms with E-state index in [9.17, 15) is 13.2 Å². The average Bonchev–Trinajstić information content (AvgIpc) is 2.97. The van der Waals surface area contributed by atoms with E-state index < -0.39 is 15.6 Å². The molecule has 2 rings (SSSR count). The maximum absolute atomic E-state index is 11.8. The average molecular weight is 390 g/mol. The number of sulfonamides is 1. The number of nitrogens with one attached hydrogen (secondary N) is 1. The normalized spacial score (nSPS) is 18.1. The van der Waals surface area contributed by atoms with Gasteiger partial charge in [0.15, 0.2) is 0 Å². The van der Waals surface area contributed by atoms with E-state index in [0.717, 1.165) is 12.8 Å². The second kappa shape index (κ2) is 8.31. The Hall–Kier alpha value is -1.72. The number of rotatable bonds is 8. The molecule has 0 bridgehead atoms. The molecule has 10 nitrogen and oxygen atoms in total. The summed E-state index contributed by atoms with van der Waals surface area (Å²) >= 11 is 0. The maximum Gasteiger partial charge on any atom is 0.305 e. The van der Waals surface area contributed by atoms with Crippen molar-refractivity contribution in [1.29, 1.82) is 0 Å². The molecule has 11 heteroatoms. The molecule has 1 saturated heterocycles. The molecule has 1 aromatic rings. The fraction of sp³-hybridized carbons (Fsp3) is 0.800. The molecule has 0 aliphatic carbocycles. The van der Waals surface area contributed by atoms with Crippen LogP contribution < -0.4 is 15.1 Å². The van der Waals surface area contributed by atoms with E-state index in [1.807, 2.05) is 25.8 Å². The fourth-order valence-electron chi connectivity index (χ4n) is 2.76. The van der Waals surface area contributed by atoms with Crippen LogP contribution in [0.3, 0.4) is 0 Å². The Morgan fingerprint density at radius 3 is 2.81 bits per heavy atom. The number of anilines is 1. The number of ether oxygens (including phenoxy) is 1. The smallest absolute Gasteiger partial charge is 0.305 e. The van der Waals surface area contributed by atoms with Crippen LogP contribution in [0.5, 0.6) is 0 Å². The molecule has 1 aliphatic rings. The van der Waals surface area contributed by atoms with Gasteiger partial charge in [0.1, 0.15) is 12.1 Å². The van der Waals surface area contributed by atoms with Gasteiger partial charge >= 0.3 is 5.88 Å². The molecule has 1 aliphatic heterocycles. The fourth-order valence-corrected chi connectivity index (χ4v) is 3.72. The topological polar surface area (TPSA) is 109 Å². The molecule has 148 valence electrons. The van der Waals surface area contributed by atoms with Gasteiger partial charge in [-0.05, 0) is 20.3 Å². The van der Waals surface area contributed by atoms with Crippen molar-refractivity contribution in [1.82, 2.24) is 9.58 Å². The summed E-state index contributed by atoms with van der Waals surface area (Å²) in [5.74, 6) is -0.110. The summed E-state index contributed by atoms with van der Waals surface area (Å²) < 4.78 is 35.4. The summed E-state index contributed by atoms with van der Waals surface area (Å²) in [4.78, 5) is 13.3. The highest BCUT2D eigenvalue weighted by atomic mass is 32.2. The number of unbranched alkanes of at least 4 members (excludes halogenated alkanes) is 1. The zero-order chi connectivity index (χ0) is 19.4. The Balaban J connectivity index is 1.95. The molecule has 26 heavy (non-hydrogen) atoms. The number of carbonyl (C=O) groups excluding carboxylic acids is 1. The number of hydrogen-bond donors (Lipinski definition) is 1. The van der Waals surface area contributed by atoms with Crippen LogP contribution in [-0.2, 0) is 19.6 Å². The zero-order valence-corrected chi connectivity index (χ0v) is 16.6. The van der Waals surface area contributed by atoms with Crippen molar-refractivity contribution < 1.29 is 27.3 Å². The lowest BCUT2D eigenvalue weighted by Gasteiger charge is -2.40. The molecule has 0 saturated carbocycles. The minimum atomic E-state index is -3.24. The summed E-state index contributed by atoms with van der Waals surface area (Å²) in [5, 5.41) is 8.42. The standard InChI is InChI=1S/C15H27N5O5S/c1-5-6-9-24-11-13(21)16-14-10-20(17-25-14)19-8-7-18(26(4,22)23)12-15(19,2)3/h10H,5-9,11-12H2,1-4H3/p+1. The largest absolute Gasteiger partial charge is 0.372 e. The van der Waals surface area contributed by atoms with Crippen LogP contribution in [0.25, 0.3) is 0 Å². The van der Waals surface area contributed by atoms with Crippen LogP contribution in [-0.4, -0.2) is 68.5 Å². The van der Waals surface area contributed by atoms with Crippen molar-refractivity contribution >= 4 is 21.8 Å². The minimum Gasteiger partial charge on any atom is -0.372 e. The van der Waals surface area contributed by atoms with Crippen molar-refractivity contribution in [2.75, 3.05) is 49.4 Å². The van der Waals surface area contributed by atoms with E-state index in [1.54, 1.807) is 6.20 Å². The first-order valence-corrected chi connectivity index (χ1v) is 10.5. The molecule has 1 aromatic heterocycles. The van der Waals surface area contributed by atoms with Crippen molar-refractivity contribution in [2.24, 2.45) is 0 Å². The molecule has 1 amide bonds. The third-order valence-corrected chi connectivity index (χ3v) is 5.38. The molecule has 2 heterocycles. The van der Waals surface area contributed by atoms with Gasteiger partial charge in [-0.2, -0.15) is 4.31 Å². The van der Waals surface area contributed by atoms with Gasteiger partial charge in [0.05, 0.1) is 17.6 Å². The van der Waals surface area contributed by atoms with Crippen LogP contribution in [0, 0.1) is 0 Å². The number of nitrogens with zero attached hydrogens (tertiary/aromatic N) is 4. The number of carbonyl (C=O) groups is 1. The molecule has 0 atom stereocenters. The lowest BCUT2D eigenvalue weighted by atomic mass is 10.0. The van der Waals surface area contributed by atoms with Crippen LogP contribution >= 0.6 is 0 Å². The molecule has 0 unspecified atom stereocenters. The maximum atomic E-state index is 11.8. The van der Waals surface area contributed by atoms with E-state index in [-0.39, 0.29) is 18.4 Å². The van der Waals surface area contributed by atoms with Gasteiger partial charge < -0.3 is 4.74 Å². The first-order chi connectivity index (χ1) is 12.1. The molecule has 1 fully saturated rings. The van der Waals surface area contributed by atoms with Crippen molar-refractivity contribution in [3.8, 4) is 0 Å². The number of aromatic nitrogens is 2. The van der Waals surface area contributed by atoms with Crippen molar-refractivity contribution in [3.05, 3.63) is 6.20 Å². The quantitative estimate of drug-likeness (QED) is 0.480. The Kier molecular flexibility index (Phi) is 6.58. The molecule has 0 radical (unpaired) electrons. The zero-order valence-electron chi connectivity index (χ0n) is 15.8. The summed E-state index contributed by atoms with van der Waals surface area (Å²) in [6.07, 6.45) is 4.68. The Labute approximate surface area is 154 Å². The molecular weight excluding hydrogens is 362 g/mol. The lowest BCUT2D eigenvalue weighted by Crippen LogP contribution is -2.74. The molecule has 0 aromatic carbocycles. The Bertz CT molecular complexity index is 718. The third kappa shape index (κ3) is 5.39. The highest BCUT2D eigenvalue weighted by Crippen LogP contribution is 2.19. The van der Waals surface area contributed by atoms with Crippen LogP contribution in [0.2, 0.25) is 0 Å². The number of piperazine rings is 1. The van der Waals surface area contributed by atoms with Gasteiger partial charge in [-0.3, -0.25) is 14.6 Å². The summed E-state index contributed by atoms with van der Waals surface area (Å²) in [7, 11) is -3.24. The second-order valence-corrected chi connectivity index (χ2v) is 8.96. The van der Waals surface area contributed by atoms with Gasteiger partial charge in [-0.25, -0.2) is 8.42 Å². The van der Waals surface area contributed by atoms with E-state index >= 15 is 0 Å². The minimum absolute atomic E-state index is 0.0424. The number of amides is 1. The molecular formula is C15H28N5O5S+. The van der Waals surface area contributed by atoms with E-state index in [2.05, 4.69) is 10.6 Å². The van der Waals surface area contributed by atoms with E-state index in [0.29, 0.717) is 26.2 Å². The number of hydrogen-bond acceptors (Lipinski definition) is 7. The third-order valence-electron chi connectivity index (χ3n) is 4.13. The van der Waals surface area contributed by atoms with Crippen molar-refractivity contribution in [3.63, 3.8) is 0 Å². The van der Waals surface area contributed by atoms with Gasteiger partial charge in [-0.15, -0.1) is 5.01 Å². The van der Waals surface area contributed by atoms with Gasteiger partial charge in [0.2, 0.25) is 15.3 Å². The lowest BCUT2D eigenvalue weighted by molar-refractivity contribution is -0.766. The molecule has 0 spiro atoms. The highest BCUT2D eigenvalue weighted by molar-refractivity contribution is 7.88. The van der Waals surface area contributed by atoms with E-state index in [4.69, 9.17) is 9.26 Å². The second-order valence-electron chi connectivity index (χ2n) is 6.97. The summed E-state index contributed by atoms with van der Waals surface area (Å²) in [6.45, 7) is 7.53. The Morgan fingerprint density at radius 1 is 1.46 bits per heavy atom. The summed E-state index contributed by atoms with van der Waals surface area (Å²) in [6, 6.07) is 0.